The third kappa shape index (κ3) is 1.39. The van der Waals surface area contributed by atoms with Gasteiger partial charge >= 0.3 is 0 Å². The van der Waals surface area contributed by atoms with Gasteiger partial charge in [0.2, 0.25) is 0 Å². The summed E-state index contributed by atoms with van der Waals surface area (Å²) in [5, 5.41) is 0. The molecule has 1 heterocycles. The fourth-order valence-electron chi connectivity index (χ4n) is 3.94. The van der Waals surface area contributed by atoms with E-state index in [2.05, 4.69) is 6.92 Å². The zero-order valence-corrected chi connectivity index (χ0v) is 10.6. The lowest BCUT2D eigenvalue weighted by molar-refractivity contribution is -0.256. The molecule has 1 spiro atoms. The highest BCUT2D eigenvalue weighted by atomic mass is 16.7. The maximum atomic E-state index is 11.8. The smallest absolute Gasteiger partial charge is 0.177 e. The Bertz CT molecular complexity index is 368. The van der Waals surface area contributed by atoms with Crippen molar-refractivity contribution >= 4 is 5.78 Å². The van der Waals surface area contributed by atoms with Crippen LogP contribution >= 0.6 is 0 Å². The van der Waals surface area contributed by atoms with Crippen LogP contribution in [0.5, 0.6) is 0 Å². The van der Waals surface area contributed by atoms with E-state index >= 15 is 0 Å². The predicted molar refractivity (Wildman–Crippen MR) is 63.4 cm³/mol. The lowest BCUT2D eigenvalue weighted by atomic mass is 9.56. The van der Waals surface area contributed by atoms with Crippen molar-refractivity contribution in [1.29, 1.82) is 0 Å². The van der Waals surface area contributed by atoms with Gasteiger partial charge in [0, 0.05) is 17.8 Å². The maximum absolute atomic E-state index is 11.8. The van der Waals surface area contributed by atoms with Crippen molar-refractivity contribution in [2.45, 2.75) is 38.9 Å². The number of allylic oxidation sites excluding steroid dienone is 1. The molecule has 0 unspecified atom stereocenters. The van der Waals surface area contributed by atoms with Gasteiger partial charge < -0.3 is 9.47 Å². The lowest BCUT2D eigenvalue weighted by Gasteiger charge is -2.53. The van der Waals surface area contributed by atoms with Crippen LogP contribution in [0.3, 0.4) is 0 Å². The average molecular weight is 236 g/mol. The molecular weight excluding hydrogens is 216 g/mol. The van der Waals surface area contributed by atoms with E-state index in [1.165, 1.54) is 0 Å². The molecule has 3 rings (SSSR count). The fraction of sp³-hybridized carbons (Fsp3) is 0.786. The van der Waals surface area contributed by atoms with Crippen molar-refractivity contribution in [3.8, 4) is 0 Å². The van der Waals surface area contributed by atoms with Crippen molar-refractivity contribution in [3.05, 3.63) is 12.2 Å². The van der Waals surface area contributed by atoms with Crippen LogP contribution in [0.25, 0.3) is 0 Å². The summed E-state index contributed by atoms with van der Waals surface area (Å²) >= 11 is 0. The van der Waals surface area contributed by atoms with E-state index in [0.717, 1.165) is 19.3 Å². The molecule has 1 saturated heterocycles. The van der Waals surface area contributed by atoms with Crippen molar-refractivity contribution < 1.29 is 14.3 Å². The van der Waals surface area contributed by atoms with Gasteiger partial charge in [0.15, 0.2) is 11.6 Å². The van der Waals surface area contributed by atoms with E-state index in [1.54, 1.807) is 6.08 Å². The van der Waals surface area contributed by atoms with Crippen LogP contribution in [0.2, 0.25) is 0 Å². The summed E-state index contributed by atoms with van der Waals surface area (Å²) in [5.74, 6) is 0.228. The number of hydrogen-bond acceptors (Lipinski definition) is 3. The zero-order chi connectivity index (χ0) is 12.1. The third-order valence-electron chi connectivity index (χ3n) is 5.01. The largest absolute Gasteiger partial charge is 0.347 e. The van der Waals surface area contributed by atoms with Gasteiger partial charge in [0.1, 0.15) is 0 Å². The minimum absolute atomic E-state index is 0.0926. The molecule has 3 nitrogen and oxygen atoms in total. The normalized spacial score (nSPS) is 44.0. The molecule has 0 bridgehead atoms. The number of ether oxygens (including phenoxy) is 2. The summed E-state index contributed by atoms with van der Waals surface area (Å²) in [6.45, 7) is 5.60. The molecule has 0 N–H and O–H groups in total. The van der Waals surface area contributed by atoms with Gasteiger partial charge in [0.25, 0.3) is 0 Å². The Morgan fingerprint density at radius 1 is 1.35 bits per heavy atom. The summed E-state index contributed by atoms with van der Waals surface area (Å²) in [7, 11) is 0. The van der Waals surface area contributed by atoms with Gasteiger partial charge in [-0.25, -0.2) is 0 Å². The average Bonchev–Trinajstić information content (AvgIpc) is 2.78. The zero-order valence-electron chi connectivity index (χ0n) is 10.6. The van der Waals surface area contributed by atoms with E-state index in [4.69, 9.17) is 9.47 Å². The van der Waals surface area contributed by atoms with Gasteiger partial charge in [-0.3, -0.25) is 4.79 Å². The molecule has 17 heavy (non-hydrogen) atoms. The van der Waals surface area contributed by atoms with Crippen LogP contribution in [0, 0.1) is 17.3 Å². The fourth-order valence-corrected chi connectivity index (χ4v) is 3.94. The first kappa shape index (κ1) is 11.4. The molecule has 3 aliphatic rings. The SMILES string of the molecule is C[C@@H]1C(=O)C=C[C@@]2(C)[C@H]1CCCC21OCCO1. The van der Waals surface area contributed by atoms with Gasteiger partial charge in [-0.1, -0.05) is 19.9 Å². The molecule has 3 atom stereocenters. The number of hydrogen-bond donors (Lipinski definition) is 0. The Kier molecular flexibility index (Phi) is 2.46. The van der Waals surface area contributed by atoms with Gasteiger partial charge in [0.05, 0.1) is 13.2 Å². The van der Waals surface area contributed by atoms with E-state index in [1.807, 2.05) is 13.0 Å². The monoisotopic (exact) mass is 236 g/mol. The van der Waals surface area contributed by atoms with E-state index in [9.17, 15) is 4.79 Å². The minimum atomic E-state index is -0.471. The van der Waals surface area contributed by atoms with Gasteiger partial charge in [-0.2, -0.15) is 0 Å². The summed E-state index contributed by atoms with van der Waals surface area (Å²) in [6.07, 6.45) is 6.92. The quantitative estimate of drug-likeness (QED) is 0.647. The summed E-state index contributed by atoms with van der Waals surface area (Å²) in [4.78, 5) is 11.8. The molecule has 1 saturated carbocycles. The molecule has 0 amide bonds. The lowest BCUT2D eigenvalue weighted by Crippen LogP contribution is -2.57. The molecule has 0 radical (unpaired) electrons. The standard InChI is InChI=1S/C14H20O3/c1-10-11-4-3-6-14(16-8-9-17-14)13(11,2)7-5-12(10)15/h5,7,10-11H,3-4,6,8-9H2,1-2H3/t10-,11-,13-/m0/s1. The van der Waals surface area contributed by atoms with Gasteiger partial charge in [-0.05, 0) is 24.8 Å². The predicted octanol–water partition coefficient (Wildman–Crippen LogP) is 2.31. The Balaban J connectivity index is 2.04. The Labute approximate surface area is 102 Å². The molecule has 2 aliphatic carbocycles. The van der Waals surface area contributed by atoms with Crippen LogP contribution in [0.1, 0.15) is 33.1 Å². The van der Waals surface area contributed by atoms with E-state index in [-0.39, 0.29) is 17.1 Å². The first-order valence-electron chi connectivity index (χ1n) is 6.60. The second-order valence-electron chi connectivity index (χ2n) is 5.76. The Hall–Kier alpha value is -0.670. The number of fused-ring (bicyclic) bond motifs is 2. The molecule has 3 heteroatoms. The maximum Gasteiger partial charge on any atom is 0.177 e. The molecule has 0 aromatic carbocycles. The number of rotatable bonds is 0. The first-order valence-corrected chi connectivity index (χ1v) is 6.60. The van der Waals surface area contributed by atoms with Crippen molar-refractivity contribution in [2.24, 2.45) is 17.3 Å². The minimum Gasteiger partial charge on any atom is -0.347 e. The topological polar surface area (TPSA) is 35.5 Å². The molecule has 0 aromatic heterocycles. The molecule has 94 valence electrons. The molecule has 0 aromatic rings. The second kappa shape index (κ2) is 3.66. The van der Waals surface area contributed by atoms with Crippen LogP contribution in [-0.2, 0) is 14.3 Å². The summed E-state index contributed by atoms with van der Waals surface area (Å²) in [6, 6.07) is 0. The van der Waals surface area contributed by atoms with Crippen molar-refractivity contribution in [2.75, 3.05) is 13.2 Å². The highest BCUT2D eigenvalue weighted by Crippen LogP contribution is 2.56. The number of carbonyl (C=O) groups excluding carboxylic acids is 1. The van der Waals surface area contributed by atoms with Crippen molar-refractivity contribution in [3.63, 3.8) is 0 Å². The number of ketones is 1. The van der Waals surface area contributed by atoms with Crippen molar-refractivity contribution in [1.82, 2.24) is 0 Å². The molecule has 1 aliphatic heterocycles. The van der Waals surface area contributed by atoms with Crippen LogP contribution in [0.4, 0.5) is 0 Å². The Morgan fingerprint density at radius 2 is 2.06 bits per heavy atom. The first-order chi connectivity index (χ1) is 8.09. The Morgan fingerprint density at radius 3 is 2.76 bits per heavy atom. The highest BCUT2D eigenvalue weighted by Gasteiger charge is 2.60. The van der Waals surface area contributed by atoms with Crippen LogP contribution in [-0.4, -0.2) is 24.8 Å². The summed E-state index contributed by atoms with van der Waals surface area (Å²) < 4.78 is 11.9. The summed E-state index contributed by atoms with van der Waals surface area (Å²) in [5.41, 5.74) is -0.144. The second-order valence-corrected chi connectivity index (χ2v) is 5.76. The van der Waals surface area contributed by atoms with Gasteiger partial charge in [-0.15, -0.1) is 0 Å². The van der Waals surface area contributed by atoms with E-state index < -0.39 is 5.79 Å². The molecular formula is C14H20O3. The molecule has 2 fully saturated rings. The van der Waals surface area contributed by atoms with Crippen LogP contribution < -0.4 is 0 Å². The van der Waals surface area contributed by atoms with Crippen LogP contribution in [0.15, 0.2) is 12.2 Å². The van der Waals surface area contributed by atoms with E-state index in [0.29, 0.717) is 19.1 Å². The highest BCUT2D eigenvalue weighted by molar-refractivity contribution is 5.93. The number of carbonyl (C=O) groups is 1. The third-order valence-corrected chi connectivity index (χ3v) is 5.01.